The Balaban J connectivity index is 2.37. The molecule has 0 aliphatic carbocycles. The van der Waals surface area contributed by atoms with Crippen LogP contribution in [0, 0.1) is 5.92 Å². The van der Waals surface area contributed by atoms with Crippen LogP contribution in [0.4, 0.5) is 0 Å². The number of hydrogen-bond donors (Lipinski definition) is 3. The lowest BCUT2D eigenvalue weighted by Gasteiger charge is -2.20. The first-order chi connectivity index (χ1) is 15.4. The van der Waals surface area contributed by atoms with Gasteiger partial charge in [-0.2, -0.15) is 0 Å². The number of hydrogen-bond acceptors (Lipinski definition) is 9. The number of sulfone groups is 1. The zero-order valence-electron chi connectivity index (χ0n) is 18.8. The van der Waals surface area contributed by atoms with E-state index in [0.717, 1.165) is 12.3 Å². The van der Waals surface area contributed by atoms with Gasteiger partial charge in [0.1, 0.15) is 39.1 Å². The van der Waals surface area contributed by atoms with Gasteiger partial charge in [0.25, 0.3) is 0 Å². The van der Waals surface area contributed by atoms with Gasteiger partial charge in [0, 0.05) is 18.2 Å². The average Bonchev–Trinajstić information content (AvgIpc) is 2.72. The molecule has 33 heavy (non-hydrogen) atoms. The van der Waals surface area contributed by atoms with Crippen molar-refractivity contribution in [3.8, 4) is 11.5 Å². The number of benzene rings is 1. The second-order valence-corrected chi connectivity index (χ2v) is 10.4. The van der Waals surface area contributed by atoms with Crippen molar-refractivity contribution >= 4 is 27.7 Å². The molecule has 1 aliphatic heterocycles. The van der Waals surface area contributed by atoms with Crippen LogP contribution in [-0.4, -0.2) is 72.4 Å². The van der Waals surface area contributed by atoms with Crippen molar-refractivity contribution in [2.75, 3.05) is 18.6 Å². The van der Waals surface area contributed by atoms with Crippen molar-refractivity contribution < 1.29 is 42.8 Å². The number of esters is 1. The number of aromatic hydroxyl groups is 1. The molecule has 0 bridgehead atoms. The molecule has 0 fully saturated rings. The fourth-order valence-electron chi connectivity index (χ4n) is 3.06. The van der Waals surface area contributed by atoms with Crippen LogP contribution >= 0.6 is 0 Å². The van der Waals surface area contributed by atoms with Crippen molar-refractivity contribution in [3.05, 3.63) is 41.5 Å². The number of phenolic OH excluding ortho intramolecular Hbond substituents is 1. The number of cyclic esters (lactones) is 1. The maximum Gasteiger partial charge on any atom is 0.342 e. The average molecular weight is 483 g/mol. The summed E-state index contributed by atoms with van der Waals surface area (Å²) in [6, 6.07) is 2.71. The van der Waals surface area contributed by atoms with Crippen LogP contribution in [0.2, 0.25) is 0 Å². The van der Waals surface area contributed by atoms with Crippen LogP contribution in [0.25, 0.3) is 6.08 Å². The van der Waals surface area contributed by atoms with Crippen molar-refractivity contribution in [2.24, 2.45) is 5.92 Å². The SMILES string of the molecule is C[C@@H]1/C=C\C(=O)C(O)C(O)C/C=C/c2cc(OCCCS(C)(=O)=O)cc(O)c2C(=O)O[C@H]1C. The smallest absolute Gasteiger partial charge is 0.342 e. The number of phenols is 1. The third-order valence-electron chi connectivity index (χ3n) is 5.18. The molecule has 3 N–H and O–H groups in total. The lowest BCUT2D eigenvalue weighted by atomic mass is 9.99. The number of aliphatic hydroxyl groups is 2. The summed E-state index contributed by atoms with van der Waals surface area (Å²) in [6.07, 6.45) is 3.15. The number of aliphatic hydroxyl groups excluding tert-OH is 2. The number of fused-ring (bicyclic) bond motifs is 1. The second-order valence-electron chi connectivity index (χ2n) is 8.12. The summed E-state index contributed by atoms with van der Waals surface area (Å²) in [5.41, 5.74) is 0.125. The van der Waals surface area contributed by atoms with Crippen molar-refractivity contribution in [1.82, 2.24) is 0 Å². The summed E-state index contributed by atoms with van der Waals surface area (Å²) in [4.78, 5) is 24.9. The van der Waals surface area contributed by atoms with Crippen molar-refractivity contribution in [1.29, 1.82) is 0 Å². The fourth-order valence-corrected chi connectivity index (χ4v) is 3.70. The van der Waals surface area contributed by atoms with Crippen molar-refractivity contribution in [2.45, 2.75) is 45.0 Å². The monoisotopic (exact) mass is 482 g/mol. The highest BCUT2D eigenvalue weighted by atomic mass is 32.2. The van der Waals surface area contributed by atoms with E-state index in [1.807, 2.05) is 0 Å². The lowest BCUT2D eigenvalue weighted by Crippen LogP contribution is -2.32. The molecule has 0 radical (unpaired) electrons. The summed E-state index contributed by atoms with van der Waals surface area (Å²) in [6.45, 7) is 3.41. The van der Waals surface area contributed by atoms with Crippen LogP contribution in [0.15, 0.2) is 30.4 Å². The Morgan fingerprint density at radius 2 is 1.85 bits per heavy atom. The van der Waals surface area contributed by atoms with E-state index >= 15 is 0 Å². The Morgan fingerprint density at radius 3 is 2.52 bits per heavy atom. The second kappa shape index (κ2) is 11.4. The van der Waals surface area contributed by atoms with E-state index in [9.17, 15) is 33.3 Å². The largest absolute Gasteiger partial charge is 0.507 e. The van der Waals surface area contributed by atoms with Crippen LogP contribution in [0.3, 0.4) is 0 Å². The number of carbonyl (C=O) groups excluding carboxylic acids is 2. The van der Waals surface area contributed by atoms with Gasteiger partial charge in [-0.1, -0.05) is 25.2 Å². The molecule has 0 saturated carbocycles. The topological polar surface area (TPSA) is 147 Å². The van der Waals surface area contributed by atoms with Crippen LogP contribution in [-0.2, 0) is 19.4 Å². The third-order valence-corrected chi connectivity index (χ3v) is 6.21. The Bertz CT molecular complexity index is 1030. The molecule has 2 unspecified atom stereocenters. The predicted octanol–water partition coefficient (Wildman–Crippen LogP) is 1.65. The number of ketones is 1. The van der Waals surface area contributed by atoms with Gasteiger partial charge >= 0.3 is 5.97 Å². The van der Waals surface area contributed by atoms with E-state index in [1.165, 1.54) is 30.4 Å². The fraction of sp³-hybridized carbons (Fsp3) is 0.478. The van der Waals surface area contributed by atoms with E-state index < -0.39 is 45.7 Å². The van der Waals surface area contributed by atoms with Gasteiger partial charge in [-0.15, -0.1) is 0 Å². The molecule has 10 heteroatoms. The van der Waals surface area contributed by atoms with Crippen LogP contribution in [0.1, 0.15) is 42.6 Å². The Labute approximate surface area is 193 Å². The molecule has 4 atom stereocenters. The highest BCUT2D eigenvalue weighted by molar-refractivity contribution is 7.90. The van der Waals surface area contributed by atoms with E-state index in [0.29, 0.717) is 0 Å². The predicted molar refractivity (Wildman–Crippen MR) is 122 cm³/mol. The summed E-state index contributed by atoms with van der Waals surface area (Å²) in [7, 11) is -3.13. The third kappa shape index (κ3) is 7.99. The molecule has 0 aromatic heterocycles. The summed E-state index contributed by atoms with van der Waals surface area (Å²) in [5.74, 6) is -2.08. The molecule has 1 heterocycles. The summed E-state index contributed by atoms with van der Waals surface area (Å²) >= 11 is 0. The number of ether oxygens (including phenoxy) is 2. The standard InChI is InChI=1S/C23H30O9S/c1-14-8-9-19(25)22(27)18(24)7-4-6-16-12-17(31-10-5-11-33(3,29)30)13-20(26)21(16)23(28)32-15(14)2/h4,6,8-9,12-15,18,22,24,26-27H,5,7,10-11H2,1-3H3/b6-4+,9-8-/t14-,15+,18?,22?/m1/s1. The van der Waals surface area contributed by atoms with Gasteiger partial charge in [0.15, 0.2) is 5.78 Å². The van der Waals surface area contributed by atoms with Crippen LogP contribution in [0.5, 0.6) is 11.5 Å². The molecule has 182 valence electrons. The van der Waals surface area contributed by atoms with Gasteiger partial charge in [-0.25, -0.2) is 13.2 Å². The zero-order valence-corrected chi connectivity index (χ0v) is 19.6. The van der Waals surface area contributed by atoms with Gasteiger partial charge < -0.3 is 24.8 Å². The van der Waals surface area contributed by atoms with Gasteiger partial charge in [-0.05, 0) is 37.5 Å². The highest BCUT2D eigenvalue weighted by Gasteiger charge is 2.25. The summed E-state index contributed by atoms with van der Waals surface area (Å²) < 4.78 is 33.5. The van der Waals surface area contributed by atoms with Crippen LogP contribution < -0.4 is 4.74 Å². The molecular weight excluding hydrogens is 452 g/mol. The molecule has 2 rings (SSSR count). The van der Waals surface area contributed by atoms with Gasteiger partial charge in [0.05, 0.1) is 18.5 Å². The molecule has 1 aromatic rings. The summed E-state index contributed by atoms with van der Waals surface area (Å²) in [5, 5.41) is 30.7. The molecular formula is C23H30O9S. The zero-order chi connectivity index (χ0) is 24.8. The molecule has 0 spiro atoms. The lowest BCUT2D eigenvalue weighted by molar-refractivity contribution is -0.127. The minimum Gasteiger partial charge on any atom is -0.507 e. The number of rotatable bonds is 5. The first kappa shape index (κ1) is 26.6. The molecule has 1 aromatic carbocycles. The normalized spacial score (nSPS) is 26.6. The minimum atomic E-state index is -3.13. The number of carbonyl (C=O) groups is 2. The Hall–Kier alpha value is -2.69. The first-order valence-corrected chi connectivity index (χ1v) is 12.6. The quantitative estimate of drug-likeness (QED) is 0.421. The minimum absolute atomic E-state index is 0.0559. The maximum atomic E-state index is 12.8. The highest BCUT2D eigenvalue weighted by Crippen LogP contribution is 2.31. The maximum absolute atomic E-state index is 12.8. The van der Waals surface area contributed by atoms with E-state index in [4.69, 9.17) is 9.47 Å². The Morgan fingerprint density at radius 1 is 1.15 bits per heavy atom. The first-order valence-electron chi connectivity index (χ1n) is 10.5. The Kier molecular flexibility index (Phi) is 9.21. The van der Waals surface area contributed by atoms with Gasteiger partial charge in [0.2, 0.25) is 0 Å². The molecule has 0 saturated heterocycles. The molecule has 9 nitrogen and oxygen atoms in total. The molecule has 1 aliphatic rings. The molecule has 0 amide bonds. The van der Waals surface area contributed by atoms with E-state index in [2.05, 4.69) is 0 Å². The van der Waals surface area contributed by atoms with E-state index in [-0.39, 0.29) is 48.0 Å². The van der Waals surface area contributed by atoms with Crippen molar-refractivity contribution in [3.63, 3.8) is 0 Å². The van der Waals surface area contributed by atoms with E-state index in [1.54, 1.807) is 13.8 Å². The van der Waals surface area contributed by atoms with Gasteiger partial charge in [-0.3, -0.25) is 4.79 Å².